The SMILES string of the molecule is Cc1cccc2sc(N(Cc3ccccc3)C(=O)CCCSc3ccc(F)cc3)nc12. The Labute approximate surface area is 189 Å². The number of aryl methyl sites for hydroxylation is 1. The van der Waals surface area contributed by atoms with Crippen molar-refractivity contribution in [3.63, 3.8) is 0 Å². The van der Waals surface area contributed by atoms with E-state index in [0.717, 1.165) is 43.5 Å². The highest BCUT2D eigenvalue weighted by atomic mass is 32.2. The second-order valence-electron chi connectivity index (χ2n) is 7.29. The van der Waals surface area contributed by atoms with Crippen LogP contribution in [0.15, 0.2) is 77.7 Å². The quantitative estimate of drug-likeness (QED) is 0.217. The largest absolute Gasteiger partial charge is 0.284 e. The molecule has 0 saturated heterocycles. The van der Waals surface area contributed by atoms with E-state index >= 15 is 0 Å². The lowest BCUT2D eigenvalue weighted by Crippen LogP contribution is -2.30. The standard InChI is InChI=1S/C25H23FN2OS2/c1-18-7-5-10-22-24(18)27-25(31-22)28(17-19-8-3-2-4-9-19)23(29)11-6-16-30-21-14-12-20(26)13-15-21/h2-5,7-10,12-15H,6,11,16-17H2,1H3. The lowest BCUT2D eigenvalue weighted by Gasteiger charge is -2.20. The van der Waals surface area contributed by atoms with Gasteiger partial charge in [0.15, 0.2) is 5.13 Å². The van der Waals surface area contributed by atoms with E-state index in [0.29, 0.717) is 13.0 Å². The molecule has 0 N–H and O–H groups in total. The molecule has 4 rings (SSSR count). The molecule has 158 valence electrons. The molecule has 0 spiro atoms. The van der Waals surface area contributed by atoms with E-state index in [4.69, 9.17) is 4.98 Å². The average Bonchev–Trinajstić information content (AvgIpc) is 3.22. The highest BCUT2D eigenvalue weighted by molar-refractivity contribution is 7.99. The summed E-state index contributed by atoms with van der Waals surface area (Å²) in [5, 5.41) is 0.740. The van der Waals surface area contributed by atoms with Crippen molar-refractivity contribution in [1.82, 2.24) is 4.98 Å². The monoisotopic (exact) mass is 450 g/mol. The van der Waals surface area contributed by atoms with E-state index in [2.05, 4.69) is 0 Å². The topological polar surface area (TPSA) is 33.2 Å². The summed E-state index contributed by atoms with van der Waals surface area (Å²) in [6, 6.07) is 22.6. The summed E-state index contributed by atoms with van der Waals surface area (Å²) in [5.41, 5.74) is 3.15. The number of fused-ring (bicyclic) bond motifs is 1. The molecule has 0 radical (unpaired) electrons. The molecule has 6 heteroatoms. The molecular weight excluding hydrogens is 427 g/mol. The summed E-state index contributed by atoms with van der Waals surface area (Å²) in [5.74, 6) is 0.637. The number of amides is 1. The van der Waals surface area contributed by atoms with Gasteiger partial charge in [0.25, 0.3) is 0 Å². The van der Waals surface area contributed by atoms with Gasteiger partial charge in [-0.05, 0) is 60.6 Å². The summed E-state index contributed by atoms with van der Waals surface area (Å²) in [4.78, 5) is 20.8. The van der Waals surface area contributed by atoms with E-state index in [1.165, 1.54) is 12.1 Å². The molecule has 4 aromatic rings. The molecule has 0 atom stereocenters. The number of nitrogens with zero attached hydrogens (tertiary/aromatic N) is 2. The average molecular weight is 451 g/mol. The predicted molar refractivity (Wildman–Crippen MR) is 128 cm³/mol. The first kappa shape index (κ1) is 21.5. The van der Waals surface area contributed by atoms with Crippen molar-refractivity contribution in [1.29, 1.82) is 0 Å². The van der Waals surface area contributed by atoms with Crippen molar-refractivity contribution in [3.05, 3.63) is 89.7 Å². The maximum absolute atomic E-state index is 13.2. The summed E-state index contributed by atoms with van der Waals surface area (Å²) in [6.07, 6.45) is 1.19. The number of hydrogen-bond acceptors (Lipinski definition) is 4. The third-order valence-corrected chi connectivity index (χ3v) is 7.08. The minimum absolute atomic E-state index is 0.0697. The number of hydrogen-bond donors (Lipinski definition) is 0. The number of halogens is 1. The van der Waals surface area contributed by atoms with Crippen LogP contribution in [0.25, 0.3) is 10.2 Å². The van der Waals surface area contributed by atoms with Crippen LogP contribution in [0.3, 0.4) is 0 Å². The maximum Gasteiger partial charge on any atom is 0.229 e. The van der Waals surface area contributed by atoms with Crippen LogP contribution in [0, 0.1) is 12.7 Å². The van der Waals surface area contributed by atoms with Crippen molar-refractivity contribution in [3.8, 4) is 0 Å². The van der Waals surface area contributed by atoms with Crippen LogP contribution in [-0.2, 0) is 11.3 Å². The number of anilines is 1. The normalized spacial score (nSPS) is 11.0. The van der Waals surface area contributed by atoms with Crippen LogP contribution in [0.2, 0.25) is 0 Å². The third kappa shape index (κ3) is 5.51. The Morgan fingerprint density at radius 3 is 2.55 bits per heavy atom. The first-order valence-electron chi connectivity index (χ1n) is 10.2. The van der Waals surface area contributed by atoms with E-state index in [-0.39, 0.29) is 11.7 Å². The highest BCUT2D eigenvalue weighted by Crippen LogP contribution is 2.32. The molecule has 1 amide bonds. The Morgan fingerprint density at radius 2 is 1.81 bits per heavy atom. The van der Waals surface area contributed by atoms with Gasteiger partial charge in [-0.25, -0.2) is 9.37 Å². The van der Waals surface area contributed by atoms with Crippen molar-refractivity contribution < 1.29 is 9.18 Å². The smallest absolute Gasteiger partial charge is 0.229 e. The zero-order chi connectivity index (χ0) is 21.6. The molecule has 0 fully saturated rings. The van der Waals surface area contributed by atoms with E-state index in [9.17, 15) is 9.18 Å². The molecule has 0 aliphatic carbocycles. The third-order valence-electron chi connectivity index (χ3n) is 4.94. The van der Waals surface area contributed by atoms with Crippen LogP contribution in [0.1, 0.15) is 24.0 Å². The Balaban J connectivity index is 1.47. The summed E-state index contributed by atoms with van der Waals surface area (Å²) in [6.45, 7) is 2.55. The molecule has 1 aromatic heterocycles. The number of rotatable bonds is 8. The minimum Gasteiger partial charge on any atom is -0.284 e. The van der Waals surface area contributed by atoms with Gasteiger partial charge >= 0.3 is 0 Å². The minimum atomic E-state index is -0.234. The predicted octanol–water partition coefficient (Wildman–Crippen LogP) is 6.85. The van der Waals surface area contributed by atoms with Crippen molar-refractivity contribution in [2.75, 3.05) is 10.7 Å². The van der Waals surface area contributed by atoms with Gasteiger partial charge in [0.2, 0.25) is 5.91 Å². The van der Waals surface area contributed by atoms with E-state index in [1.807, 2.05) is 60.4 Å². The Kier molecular flexibility index (Phi) is 6.99. The fourth-order valence-corrected chi connectivity index (χ4v) is 5.21. The zero-order valence-corrected chi connectivity index (χ0v) is 18.9. The first-order valence-corrected chi connectivity index (χ1v) is 12.0. The molecular formula is C25H23FN2OS2. The number of carbonyl (C=O) groups is 1. The lowest BCUT2D eigenvalue weighted by atomic mass is 10.2. The Bertz CT molecular complexity index is 1160. The zero-order valence-electron chi connectivity index (χ0n) is 17.3. The van der Waals surface area contributed by atoms with Crippen molar-refractivity contribution in [2.45, 2.75) is 31.2 Å². The van der Waals surface area contributed by atoms with Crippen LogP contribution in [0.4, 0.5) is 9.52 Å². The molecule has 31 heavy (non-hydrogen) atoms. The molecule has 0 saturated carbocycles. The molecule has 0 bridgehead atoms. The van der Waals surface area contributed by atoms with Crippen LogP contribution in [-0.4, -0.2) is 16.6 Å². The van der Waals surface area contributed by atoms with Crippen molar-refractivity contribution >= 4 is 44.4 Å². The molecule has 0 aliphatic rings. The lowest BCUT2D eigenvalue weighted by molar-refractivity contribution is -0.118. The maximum atomic E-state index is 13.2. The molecule has 1 heterocycles. The summed E-state index contributed by atoms with van der Waals surface area (Å²) in [7, 11) is 0. The molecule has 0 aliphatic heterocycles. The van der Waals surface area contributed by atoms with Gasteiger partial charge in [-0.2, -0.15) is 0 Å². The Hall–Kier alpha value is -2.70. The highest BCUT2D eigenvalue weighted by Gasteiger charge is 2.20. The second kappa shape index (κ2) is 10.1. The second-order valence-corrected chi connectivity index (χ2v) is 9.47. The number of carbonyl (C=O) groups excluding carboxylic acids is 1. The van der Waals surface area contributed by atoms with Gasteiger partial charge in [-0.3, -0.25) is 9.69 Å². The molecule has 3 nitrogen and oxygen atoms in total. The Morgan fingerprint density at radius 1 is 1.03 bits per heavy atom. The van der Waals surface area contributed by atoms with Crippen LogP contribution in [0.5, 0.6) is 0 Å². The summed E-state index contributed by atoms with van der Waals surface area (Å²) >= 11 is 3.20. The number of aromatic nitrogens is 1. The fourth-order valence-electron chi connectivity index (χ4n) is 3.30. The van der Waals surface area contributed by atoms with Gasteiger partial charge < -0.3 is 0 Å². The summed E-state index contributed by atoms with van der Waals surface area (Å²) < 4.78 is 14.1. The first-order chi connectivity index (χ1) is 15.1. The number of thioether (sulfide) groups is 1. The van der Waals surface area contributed by atoms with Gasteiger partial charge in [0, 0.05) is 11.3 Å². The molecule has 0 unspecified atom stereocenters. The number of para-hydroxylation sites is 1. The van der Waals surface area contributed by atoms with Crippen LogP contribution < -0.4 is 4.90 Å². The van der Waals surface area contributed by atoms with Gasteiger partial charge in [-0.15, -0.1) is 11.8 Å². The molecule has 3 aromatic carbocycles. The number of thiazole rings is 1. The van der Waals surface area contributed by atoms with Gasteiger partial charge in [0.1, 0.15) is 5.82 Å². The fraction of sp³-hybridized carbons (Fsp3) is 0.200. The van der Waals surface area contributed by atoms with Gasteiger partial charge in [-0.1, -0.05) is 53.8 Å². The van der Waals surface area contributed by atoms with Crippen LogP contribution >= 0.6 is 23.1 Å². The number of benzene rings is 3. The van der Waals surface area contributed by atoms with Crippen molar-refractivity contribution in [2.24, 2.45) is 0 Å². The van der Waals surface area contributed by atoms with Gasteiger partial charge in [0.05, 0.1) is 16.8 Å². The van der Waals surface area contributed by atoms with E-state index < -0.39 is 0 Å². The van der Waals surface area contributed by atoms with E-state index in [1.54, 1.807) is 35.2 Å².